The van der Waals surface area contributed by atoms with Gasteiger partial charge in [-0.15, -0.1) is 0 Å². The van der Waals surface area contributed by atoms with Crippen LogP contribution in [0.2, 0.25) is 0 Å². The van der Waals surface area contributed by atoms with Gasteiger partial charge in [0.25, 0.3) is 0 Å². The van der Waals surface area contributed by atoms with Crippen LogP contribution >= 0.6 is 0 Å². The smallest absolute Gasteiger partial charge is 0.211 e. The van der Waals surface area contributed by atoms with Gasteiger partial charge in [0.2, 0.25) is 10.0 Å². The number of nitrogens with one attached hydrogen (secondary N) is 1. The zero-order valence-electron chi connectivity index (χ0n) is 14.9. The van der Waals surface area contributed by atoms with Gasteiger partial charge in [-0.2, -0.15) is 0 Å². The Labute approximate surface area is 150 Å². The van der Waals surface area contributed by atoms with E-state index in [1.807, 2.05) is 6.92 Å². The molecule has 1 aromatic rings. The molecule has 1 aliphatic rings. The van der Waals surface area contributed by atoms with Crippen molar-refractivity contribution < 1.29 is 18.3 Å². The molecule has 0 bridgehead atoms. The number of hydrogen-bond acceptors (Lipinski definition) is 5. The third kappa shape index (κ3) is 5.71. The van der Waals surface area contributed by atoms with Crippen LogP contribution in [0.15, 0.2) is 23.2 Å². The fraction of sp³-hybridized carbons (Fsp3) is 0.611. The summed E-state index contributed by atoms with van der Waals surface area (Å²) in [5, 5.41) is 10.1. The molecule has 6 nitrogen and oxygen atoms in total. The second-order valence-corrected chi connectivity index (χ2v) is 8.30. The van der Waals surface area contributed by atoms with Crippen LogP contribution in [0.5, 0.6) is 11.5 Å². The minimum Gasteiger partial charge on any atom is -0.504 e. The predicted molar refractivity (Wildman–Crippen MR) is 100 cm³/mol. The number of methoxy groups -OCH3 is 1. The van der Waals surface area contributed by atoms with Gasteiger partial charge < -0.3 is 9.84 Å². The van der Waals surface area contributed by atoms with Gasteiger partial charge >= 0.3 is 0 Å². The molecule has 1 fully saturated rings. The zero-order valence-corrected chi connectivity index (χ0v) is 15.8. The number of sulfonamides is 1. The highest BCUT2D eigenvalue weighted by atomic mass is 32.2. The van der Waals surface area contributed by atoms with E-state index in [0.29, 0.717) is 17.7 Å². The average molecular weight is 368 g/mol. The normalized spacial score (nSPS) is 21.5. The van der Waals surface area contributed by atoms with Gasteiger partial charge in [0, 0.05) is 17.8 Å². The molecule has 1 saturated carbocycles. The van der Waals surface area contributed by atoms with Gasteiger partial charge in [-0.1, -0.05) is 32.3 Å². The number of aliphatic imine (C=N–C) groups is 1. The van der Waals surface area contributed by atoms with Gasteiger partial charge in [0.05, 0.1) is 18.9 Å². The maximum absolute atomic E-state index is 12.2. The standard InChI is InChI=1S/C18H28N2O4S/c1-3-4-12-25(22,23)20-16-10-6-5-9-15(16)19-13-14-8-7-11-17(24-2)18(14)21/h7-8,11,13,15-16,20-21H,3-6,9-10,12H2,1-2H3/t15-,16-/m1/s1. The zero-order chi connectivity index (χ0) is 18.3. The third-order valence-corrected chi connectivity index (χ3v) is 5.97. The molecule has 0 aliphatic heterocycles. The Morgan fingerprint density at radius 2 is 2.12 bits per heavy atom. The van der Waals surface area contributed by atoms with Gasteiger partial charge in [0.15, 0.2) is 11.5 Å². The van der Waals surface area contributed by atoms with Crippen molar-refractivity contribution in [3.8, 4) is 11.5 Å². The van der Waals surface area contributed by atoms with E-state index in [1.54, 1.807) is 24.4 Å². The first-order chi connectivity index (χ1) is 12.0. The molecule has 0 unspecified atom stereocenters. The number of phenolic OH excluding ortho intramolecular Hbond substituents is 1. The van der Waals surface area contributed by atoms with Gasteiger partial charge in [-0.05, 0) is 31.4 Å². The van der Waals surface area contributed by atoms with Crippen molar-refractivity contribution in [2.24, 2.45) is 4.99 Å². The van der Waals surface area contributed by atoms with E-state index >= 15 is 0 Å². The first-order valence-corrected chi connectivity index (χ1v) is 10.5. The topological polar surface area (TPSA) is 88.0 Å². The Hall–Kier alpha value is -1.60. The Bertz CT molecular complexity index is 688. The van der Waals surface area contributed by atoms with Crippen LogP contribution in [0.4, 0.5) is 0 Å². The molecule has 0 heterocycles. The molecule has 2 atom stereocenters. The van der Waals surface area contributed by atoms with E-state index in [-0.39, 0.29) is 23.6 Å². The maximum atomic E-state index is 12.2. The number of phenols is 1. The van der Waals surface area contributed by atoms with Crippen LogP contribution < -0.4 is 9.46 Å². The Balaban J connectivity index is 2.10. The Morgan fingerprint density at radius 3 is 2.84 bits per heavy atom. The summed E-state index contributed by atoms with van der Waals surface area (Å²) in [6.45, 7) is 1.98. The maximum Gasteiger partial charge on any atom is 0.211 e. The van der Waals surface area contributed by atoms with E-state index in [9.17, 15) is 13.5 Å². The highest BCUT2D eigenvalue weighted by Gasteiger charge is 2.28. The van der Waals surface area contributed by atoms with Crippen LogP contribution in [0.25, 0.3) is 0 Å². The van der Waals surface area contributed by atoms with Crippen molar-refractivity contribution in [2.75, 3.05) is 12.9 Å². The van der Waals surface area contributed by atoms with Gasteiger partial charge in [-0.25, -0.2) is 13.1 Å². The number of unbranched alkanes of at least 4 members (excludes halogenated alkanes) is 1. The van der Waals surface area contributed by atoms with Crippen molar-refractivity contribution in [1.29, 1.82) is 0 Å². The monoisotopic (exact) mass is 368 g/mol. The summed E-state index contributed by atoms with van der Waals surface area (Å²) in [6, 6.07) is 4.92. The SMILES string of the molecule is CCCCS(=O)(=O)N[C@@H]1CCCC[C@H]1N=Cc1cccc(OC)c1O. The molecule has 1 aromatic carbocycles. The fourth-order valence-corrected chi connectivity index (χ4v) is 4.56. The second-order valence-electron chi connectivity index (χ2n) is 6.42. The molecule has 1 aliphatic carbocycles. The number of para-hydroxylation sites is 1. The summed E-state index contributed by atoms with van der Waals surface area (Å²) in [5.74, 6) is 0.599. The first-order valence-electron chi connectivity index (χ1n) is 8.86. The molecule has 0 aromatic heterocycles. The molecule has 2 N–H and O–H groups in total. The number of benzene rings is 1. The summed E-state index contributed by atoms with van der Waals surface area (Å²) >= 11 is 0. The van der Waals surface area contributed by atoms with Crippen molar-refractivity contribution in [3.63, 3.8) is 0 Å². The fourth-order valence-electron chi connectivity index (χ4n) is 3.04. The Morgan fingerprint density at radius 1 is 1.36 bits per heavy atom. The van der Waals surface area contributed by atoms with E-state index < -0.39 is 10.0 Å². The highest BCUT2D eigenvalue weighted by Crippen LogP contribution is 2.29. The van der Waals surface area contributed by atoms with E-state index in [1.165, 1.54) is 7.11 Å². The van der Waals surface area contributed by atoms with Gasteiger partial charge in [0.1, 0.15) is 0 Å². The molecule has 140 valence electrons. The second kappa shape index (κ2) is 9.20. The van der Waals surface area contributed by atoms with Crippen LogP contribution in [-0.4, -0.2) is 44.7 Å². The number of nitrogens with zero attached hydrogens (tertiary/aromatic N) is 1. The predicted octanol–water partition coefficient (Wildman–Crippen LogP) is 2.85. The summed E-state index contributed by atoms with van der Waals surface area (Å²) < 4.78 is 32.3. The van der Waals surface area contributed by atoms with Crippen molar-refractivity contribution in [1.82, 2.24) is 4.72 Å². The van der Waals surface area contributed by atoms with Crippen LogP contribution in [0.1, 0.15) is 51.0 Å². The molecular formula is C18H28N2O4S. The van der Waals surface area contributed by atoms with Crippen LogP contribution in [-0.2, 0) is 10.0 Å². The third-order valence-electron chi connectivity index (χ3n) is 4.48. The number of rotatable bonds is 8. The minimum absolute atomic E-state index is 0.0460. The lowest BCUT2D eigenvalue weighted by Crippen LogP contribution is -2.45. The number of aromatic hydroxyl groups is 1. The molecule has 0 saturated heterocycles. The largest absolute Gasteiger partial charge is 0.504 e. The Kier molecular flexibility index (Phi) is 7.25. The summed E-state index contributed by atoms with van der Waals surface area (Å²) in [7, 11) is -1.77. The van der Waals surface area contributed by atoms with Crippen molar-refractivity contribution in [2.45, 2.75) is 57.5 Å². The van der Waals surface area contributed by atoms with E-state index in [4.69, 9.17) is 4.74 Å². The number of hydrogen-bond donors (Lipinski definition) is 2. The molecule has 2 rings (SSSR count). The van der Waals surface area contributed by atoms with E-state index in [2.05, 4.69) is 9.71 Å². The lowest BCUT2D eigenvalue weighted by atomic mass is 9.91. The van der Waals surface area contributed by atoms with Crippen molar-refractivity contribution >= 4 is 16.2 Å². The summed E-state index contributed by atoms with van der Waals surface area (Å²) in [5.41, 5.74) is 0.567. The molecule has 0 spiro atoms. The molecular weight excluding hydrogens is 340 g/mol. The van der Waals surface area contributed by atoms with Gasteiger partial charge in [-0.3, -0.25) is 4.99 Å². The molecule has 0 amide bonds. The van der Waals surface area contributed by atoms with Crippen LogP contribution in [0, 0.1) is 0 Å². The minimum atomic E-state index is -3.27. The lowest BCUT2D eigenvalue weighted by Gasteiger charge is -2.29. The summed E-state index contributed by atoms with van der Waals surface area (Å²) in [4.78, 5) is 4.57. The molecule has 25 heavy (non-hydrogen) atoms. The summed E-state index contributed by atoms with van der Waals surface area (Å²) in [6.07, 6.45) is 6.77. The van der Waals surface area contributed by atoms with Crippen LogP contribution in [0.3, 0.4) is 0 Å². The first kappa shape index (κ1) is 19.7. The average Bonchev–Trinajstić information content (AvgIpc) is 2.60. The van der Waals surface area contributed by atoms with E-state index in [0.717, 1.165) is 32.1 Å². The lowest BCUT2D eigenvalue weighted by molar-refractivity contribution is 0.363. The quantitative estimate of drug-likeness (QED) is 0.691. The molecule has 0 radical (unpaired) electrons. The number of ether oxygens (including phenoxy) is 1. The highest BCUT2D eigenvalue weighted by molar-refractivity contribution is 7.89. The van der Waals surface area contributed by atoms with Crippen molar-refractivity contribution in [3.05, 3.63) is 23.8 Å². The molecule has 7 heteroatoms.